The molecule has 1 aliphatic heterocycles. The van der Waals surface area contributed by atoms with E-state index in [0.29, 0.717) is 24.9 Å². The molecule has 1 saturated heterocycles. The quantitative estimate of drug-likeness (QED) is 0.740. The zero-order chi connectivity index (χ0) is 16.8. The van der Waals surface area contributed by atoms with Gasteiger partial charge in [0, 0.05) is 17.2 Å². The van der Waals surface area contributed by atoms with Gasteiger partial charge in [0.15, 0.2) is 0 Å². The predicted octanol–water partition coefficient (Wildman–Crippen LogP) is 2.38. The number of hydrogen-bond donors (Lipinski definition) is 2. The Morgan fingerprint density at radius 1 is 1.46 bits per heavy atom. The van der Waals surface area contributed by atoms with E-state index in [4.69, 9.17) is 4.74 Å². The van der Waals surface area contributed by atoms with Crippen LogP contribution in [0.1, 0.15) is 29.4 Å². The summed E-state index contributed by atoms with van der Waals surface area (Å²) in [5.74, 6) is 0.600. The lowest BCUT2D eigenvalue weighted by atomic mass is 10.1. The van der Waals surface area contributed by atoms with Crippen LogP contribution in [-0.4, -0.2) is 41.9 Å². The molecule has 1 atom stereocenters. The first-order valence-electron chi connectivity index (χ1n) is 8.15. The molecule has 1 unspecified atom stereocenters. The van der Waals surface area contributed by atoms with Crippen molar-refractivity contribution in [1.29, 1.82) is 0 Å². The summed E-state index contributed by atoms with van der Waals surface area (Å²) in [6.07, 6.45) is 4.11. The van der Waals surface area contributed by atoms with Crippen LogP contribution in [0.3, 0.4) is 0 Å². The zero-order valence-corrected chi connectivity index (χ0v) is 15.0. The summed E-state index contributed by atoms with van der Waals surface area (Å²) in [6.45, 7) is 2.81. The maximum absolute atomic E-state index is 12.1. The van der Waals surface area contributed by atoms with E-state index in [1.807, 2.05) is 35.1 Å². The van der Waals surface area contributed by atoms with Gasteiger partial charge in [0.1, 0.15) is 18.1 Å². The van der Waals surface area contributed by atoms with Gasteiger partial charge in [0.25, 0.3) is 5.91 Å². The maximum atomic E-state index is 12.1. The lowest BCUT2D eigenvalue weighted by Crippen LogP contribution is -2.32. The number of piperidine rings is 1. The highest BCUT2D eigenvalue weighted by Gasteiger charge is 2.17. The molecule has 1 fully saturated rings. The number of benzene rings is 1. The molecular weight excluding hydrogens is 372 g/mol. The van der Waals surface area contributed by atoms with E-state index in [9.17, 15) is 4.79 Å². The SMILES string of the molecule is O=C(NCCOc1cccc(Br)c1)c1ccn(C2CCCNC2)n1. The van der Waals surface area contributed by atoms with Gasteiger partial charge in [-0.15, -0.1) is 0 Å². The van der Waals surface area contributed by atoms with Crippen molar-refractivity contribution in [3.05, 3.63) is 46.7 Å². The normalized spacial score (nSPS) is 17.5. The van der Waals surface area contributed by atoms with Crippen LogP contribution in [0.25, 0.3) is 0 Å². The average molecular weight is 393 g/mol. The van der Waals surface area contributed by atoms with E-state index in [2.05, 4.69) is 31.7 Å². The molecule has 0 bridgehead atoms. The van der Waals surface area contributed by atoms with Crippen LogP contribution < -0.4 is 15.4 Å². The van der Waals surface area contributed by atoms with Gasteiger partial charge >= 0.3 is 0 Å². The smallest absolute Gasteiger partial charge is 0.271 e. The highest BCUT2D eigenvalue weighted by molar-refractivity contribution is 9.10. The topological polar surface area (TPSA) is 68.2 Å². The van der Waals surface area contributed by atoms with Crippen molar-refractivity contribution in [3.8, 4) is 5.75 Å². The standard InChI is InChI=1S/C17H21BrN4O2/c18-13-3-1-5-15(11-13)24-10-8-20-17(23)16-6-9-22(21-16)14-4-2-7-19-12-14/h1,3,5-6,9,11,14,19H,2,4,7-8,10,12H2,(H,20,23). The van der Waals surface area contributed by atoms with E-state index in [1.165, 1.54) is 0 Å². The number of carbonyl (C=O) groups excluding carboxylic acids is 1. The van der Waals surface area contributed by atoms with Crippen molar-refractivity contribution in [2.45, 2.75) is 18.9 Å². The molecule has 0 saturated carbocycles. The zero-order valence-electron chi connectivity index (χ0n) is 13.4. The van der Waals surface area contributed by atoms with Crippen molar-refractivity contribution < 1.29 is 9.53 Å². The molecule has 0 radical (unpaired) electrons. The fraction of sp³-hybridized carbons (Fsp3) is 0.412. The second-order valence-corrected chi connectivity index (χ2v) is 6.66. The fourth-order valence-corrected chi connectivity index (χ4v) is 3.08. The molecule has 7 heteroatoms. The van der Waals surface area contributed by atoms with Crippen LogP contribution in [0.15, 0.2) is 41.0 Å². The van der Waals surface area contributed by atoms with Gasteiger partial charge in [-0.25, -0.2) is 0 Å². The minimum Gasteiger partial charge on any atom is -0.492 e. The van der Waals surface area contributed by atoms with Crippen LogP contribution >= 0.6 is 15.9 Å². The molecule has 1 aliphatic rings. The molecule has 1 amide bonds. The van der Waals surface area contributed by atoms with Gasteiger partial charge in [0.05, 0.1) is 12.6 Å². The van der Waals surface area contributed by atoms with E-state index in [0.717, 1.165) is 36.2 Å². The third kappa shape index (κ3) is 4.58. The summed E-state index contributed by atoms with van der Waals surface area (Å²) in [5, 5.41) is 10.6. The Morgan fingerprint density at radius 3 is 3.17 bits per heavy atom. The largest absolute Gasteiger partial charge is 0.492 e. The number of nitrogens with zero attached hydrogens (tertiary/aromatic N) is 2. The first-order chi connectivity index (χ1) is 11.7. The molecule has 2 aromatic rings. The summed E-state index contributed by atoms with van der Waals surface area (Å²) in [5.41, 5.74) is 0.447. The Bertz CT molecular complexity index is 683. The number of rotatable bonds is 6. The monoisotopic (exact) mass is 392 g/mol. The van der Waals surface area contributed by atoms with Gasteiger partial charge < -0.3 is 15.4 Å². The Balaban J connectivity index is 1.44. The number of aromatic nitrogens is 2. The summed E-state index contributed by atoms with van der Waals surface area (Å²) >= 11 is 3.40. The second kappa shape index (κ2) is 8.30. The number of carbonyl (C=O) groups is 1. The minimum atomic E-state index is -0.171. The summed E-state index contributed by atoms with van der Waals surface area (Å²) in [6, 6.07) is 9.71. The van der Waals surface area contributed by atoms with Crippen LogP contribution in [0.2, 0.25) is 0 Å². The lowest BCUT2D eigenvalue weighted by molar-refractivity contribution is 0.0940. The molecule has 0 aliphatic carbocycles. The van der Waals surface area contributed by atoms with E-state index in [-0.39, 0.29) is 5.91 Å². The van der Waals surface area contributed by atoms with E-state index >= 15 is 0 Å². The molecule has 1 aromatic heterocycles. The number of hydrogen-bond acceptors (Lipinski definition) is 4. The van der Waals surface area contributed by atoms with Crippen molar-refractivity contribution in [3.63, 3.8) is 0 Å². The fourth-order valence-electron chi connectivity index (χ4n) is 2.70. The van der Waals surface area contributed by atoms with Crippen LogP contribution in [0.5, 0.6) is 5.75 Å². The van der Waals surface area contributed by atoms with Crippen molar-refractivity contribution in [2.24, 2.45) is 0 Å². The molecule has 6 nitrogen and oxygen atoms in total. The molecule has 2 N–H and O–H groups in total. The maximum Gasteiger partial charge on any atom is 0.271 e. The van der Waals surface area contributed by atoms with Crippen LogP contribution in [-0.2, 0) is 0 Å². The Morgan fingerprint density at radius 2 is 2.38 bits per heavy atom. The van der Waals surface area contributed by atoms with E-state index < -0.39 is 0 Å². The van der Waals surface area contributed by atoms with Crippen LogP contribution in [0.4, 0.5) is 0 Å². The summed E-state index contributed by atoms with van der Waals surface area (Å²) in [7, 11) is 0. The molecule has 128 valence electrons. The molecule has 3 rings (SSSR count). The van der Waals surface area contributed by atoms with Crippen molar-refractivity contribution in [1.82, 2.24) is 20.4 Å². The van der Waals surface area contributed by atoms with Gasteiger partial charge in [-0.1, -0.05) is 22.0 Å². The lowest BCUT2D eigenvalue weighted by Gasteiger charge is -2.22. The minimum absolute atomic E-state index is 0.171. The second-order valence-electron chi connectivity index (χ2n) is 5.74. The molecule has 0 spiro atoms. The molecule has 24 heavy (non-hydrogen) atoms. The predicted molar refractivity (Wildman–Crippen MR) is 95.3 cm³/mol. The average Bonchev–Trinajstić information content (AvgIpc) is 3.10. The van der Waals surface area contributed by atoms with Gasteiger partial charge in [0.2, 0.25) is 0 Å². The Kier molecular flexibility index (Phi) is 5.87. The molecule has 2 heterocycles. The summed E-state index contributed by atoms with van der Waals surface area (Å²) in [4.78, 5) is 12.1. The Labute approximate surface area is 149 Å². The van der Waals surface area contributed by atoms with Gasteiger partial charge in [-0.05, 0) is 43.7 Å². The summed E-state index contributed by atoms with van der Waals surface area (Å²) < 4.78 is 8.45. The number of nitrogens with one attached hydrogen (secondary N) is 2. The van der Waals surface area contributed by atoms with Crippen LogP contribution in [0, 0.1) is 0 Å². The Hall–Kier alpha value is -1.86. The van der Waals surface area contributed by atoms with Gasteiger partial charge in [-0.3, -0.25) is 9.48 Å². The van der Waals surface area contributed by atoms with E-state index in [1.54, 1.807) is 6.07 Å². The van der Waals surface area contributed by atoms with Gasteiger partial charge in [-0.2, -0.15) is 5.10 Å². The van der Waals surface area contributed by atoms with Crippen molar-refractivity contribution in [2.75, 3.05) is 26.2 Å². The highest BCUT2D eigenvalue weighted by Crippen LogP contribution is 2.17. The first-order valence-corrected chi connectivity index (χ1v) is 8.94. The molecule has 1 aromatic carbocycles. The first kappa shape index (κ1) is 17.0. The van der Waals surface area contributed by atoms with Crippen molar-refractivity contribution >= 4 is 21.8 Å². The third-order valence-corrected chi connectivity index (χ3v) is 4.43. The molecular formula is C17H21BrN4O2. The number of amides is 1. The third-order valence-electron chi connectivity index (χ3n) is 3.94. The number of ether oxygens (including phenoxy) is 1. The highest BCUT2D eigenvalue weighted by atomic mass is 79.9. The number of halogens is 1.